The number of thiazole rings is 1. The summed E-state index contributed by atoms with van der Waals surface area (Å²) in [4.78, 5) is 8.13. The molecule has 8 heteroatoms. The topological polar surface area (TPSA) is 72.0 Å². The lowest BCUT2D eigenvalue weighted by atomic mass is 10.3. The van der Waals surface area contributed by atoms with Crippen LogP contribution in [0.5, 0.6) is 0 Å². The molecule has 0 unspecified atom stereocenters. The summed E-state index contributed by atoms with van der Waals surface area (Å²) in [5, 5.41) is 3.05. The van der Waals surface area contributed by atoms with Crippen molar-refractivity contribution in [2.75, 3.05) is 6.54 Å². The number of pyridine rings is 1. The summed E-state index contributed by atoms with van der Waals surface area (Å²) in [6, 6.07) is 2.72. The Bertz CT molecular complexity index is 670. The molecule has 2 aromatic rings. The van der Waals surface area contributed by atoms with E-state index in [0.29, 0.717) is 13.0 Å². The minimum Gasteiger partial charge on any atom is -0.247 e. The molecule has 0 saturated heterocycles. The van der Waals surface area contributed by atoms with Gasteiger partial charge in [-0.3, -0.25) is 0 Å². The van der Waals surface area contributed by atoms with Crippen LogP contribution in [-0.4, -0.2) is 24.9 Å². The molecule has 0 spiro atoms. The zero-order valence-electron chi connectivity index (χ0n) is 10.1. The molecule has 2 heterocycles. The van der Waals surface area contributed by atoms with E-state index in [1.54, 1.807) is 11.3 Å². The van der Waals surface area contributed by atoms with E-state index in [1.807, 2.05) is 12.3 Å². The van der Waals surface area contributed by atoms with Crippen LogP contribution >= 0.6 is 22.9 Å². The van der Waals surface area contributed by atoms with Crippen LogP contribution < -0.4 is 4.72 Å². The van der Waals surface area contributed by atoms with E-state index >= 15 is 0 Å². The smallest absolute Gasteiger partial charge is 0.240 e. The first-order valence-electron chi connectivity index (χ1n) is 5.49. The average molecular weight is 318 g/mol. The maximum atomic E-state index is 12.0. The number of aromatic nitrogens is 2. The van der Waals surface area contributed by atoms with E-state index < -0.39 is 10.0 Å². The van der Waals surface area contributed by atoms with Gasteiger partial charge in [-0.1, -0.05) is 11.6 Å². The Morgan fingerprint density at radius 1 is 1.47 bits per heavy atom. The Hall–Kier alpha value is -1.02. The normalized spacial score (nSPS) is 11.7. The maximum absolute atomic E-state index is 12.0. The second-order valence-corrected chi connectivity index (χ2v) is 7.04. The molecule has 2 rings (SSSR count). The SMILES string of the molecule is Cc1nc(CCNS(=O)(=O)c2ccnc(Cl)c2)cs1. The number of nitrogens with zero attached hydrogens (tertiary/aromatic N) is 2. The van der Waals surface area contributed by atoms with E-state index in [0.717, 1.165) is 10.7 Å². The van der Waals surface area contributed by atoms with Crippen LogP contribution in [0.2, 0.25) is 5.15 Å². The van der Waals surface area contributed by atoms with Gasteiger partial charge in [-0.15, -0.1) is 11.3 Å². The molecule has 0 amide bonds. The predicted octanol–water partition coefficient (Wildman–Crippen LogP) is 2.02. The summed E-state index contributed by atoms with van der Waals surface area (Å²) in [6.07, 6.45) is 1.92. The van der Waals surface area contributed by atoms with Gasteiger partial charge in [0.25, 0.3) is 0 Å². The lowest BCUT2D eigenvalue weighted by Gasteiger charge is -2.05. The highest BCUT2D eigenvalue weighted by atomic mass is 35.5. The first-order valence-corrected chi connectivity index (χ1v) is 8.24. The van der Waals surface area contributed by atoms with Gasteiger partial charge in [0.1, 0.15) is 5.15 Å². The first-order chi connectivity index (χ1) is 8.97. The molecule has 5 nitrogen and oxygen atoms in total. The van der Waals surface area contributed by atoms with Crippen LogP contribution in [0.25, 0.3) is 0 Å². The third-order valence-corrected chi connectivity index (χ3v) is 4.84. The lowest BCUT2D eigenvalue weighted by Crippen LogP contribution is -2.26. The molecule has 0 aliphatic heterocycles. The first kappa shape index (κ1) is 14.4. The summed E-state index contributed by atoms with van der Waals surface area (Å²) in [5.41, 5.74) is 0.887. The highest BCUT2D eigenvalue weighted by molar-refractivity contribution is 7.89. The Balaban J connectivity index is 1.98. The van der Waals surface area contributed by atoms with Crippen LogP contribution in [0.3, 0.4) is 0 Å². The van der Waals surface area contributed by atoms with Crippen molar-refractivity contribution in [1.29, 1.82) is 0 Å². The highest BCUT2D eigenvalue weighted by Crippen LogP contribution is 2.13. The molecular weight excluding hydrogens is 306 g/mol. The third kappa shape index (κ3) is 3.97. The number of hydrogen-bond acceptors (Lipinski definition) is 5. The number of aryl methyl sites for hydroxylation is 1. The third-order valence-electron chi connectivity index (χ3n) is 2.35. The Kier molecular flexibility index (Phi) is 4.51. The van der Waals surface area contributed by atoms with Crippen LogP contribution in [-0.2, 0) is 16.4 Å². The summed E-state index contributed by atoms with van der Waals surface area (Å²) >= 11 is 7.22. The van der Waals surface area contributed by atoms with Crippen molar-refractivity contribution in [3.05, 3.63) is 39.6 Å². The molecule has 0 aliphatic carbocycles. The molecule has 0 aliphatic rings. The highest BCUT2D eigenvalue weighted by Gasteiger charge is 2.14. The summed E-state index contributed by atoms with van der Waals surface area (Å²) in [7, 11) is -3.54. The molecule has 0 saturated carbocycles. The fourth-order valence-corrected chi connectivity index (χ4v) is 3.40. The Morgan fingerprint density at radius 2 is 2.26 bits per heavy atom. The second kappa shape index (κ2) is 5.96. The van der Waals surface area contributed by atoms with Gasteiger partial charge >= 0.3 is 0 Å². The van der Waals surface area contributed by atoms with Crippen molar-refractivity contribution in [3.8, 4) is 0 Å². The van der Waals surface area contributed by atoms with Crippen molar-refractivity contribution in [2.45, 2.75) is 18.2 Å². The summed E-state index contributed by atoms with van der Waals surface area (Å²) in [6.45, 7) is 2.21. The van der Waals surface area contributed by atoms with Crippen LogP contribution in [0, 0.1) is 6.92 Å². The Morgan fingerprint density at radius 3 is 2.89 bits per heavy atom. The minimum atomic E-state index is -3.54. The van der Waals surface area contributed by atoms with Gasteiger partial charge in [-0.25, -0.2) is 23.1 Å². The molecular formula is C11H12ClN3O2S2. The van der Waals surface area contributed by atoms with Gasteiger partial charge in [0.15, 0.2) is 0 Å². The molecule has 0 bridgehead atoms. The average Bonchev–Trinajstić information content (AvgIpc) is 2.75. The second-order valence-electron chi connectivity index (χ2n) is 3.82. The largest absolute Gasteiger partial charge is 0.247 e. The van der Waals surface area contributed by atoms with Crippen molar-refractivity contribution < 1.29 is 8.42 Å². The summed E-state index contributed by atoms with van der Waals surface area (Å²) in [5.74, 6) is 0. The van der Waals surface area contributed by atoms with Crippen molar-refractivity contribution in [3.63, 3.8) is 0 Å². The van der Waals surface area contributed by atoms with Crippen molar-refractivity contribution in [2.24, 2.45) is 0 Å². The fraction of sp³-hybridized carbons (Fsp3) is 0.273. The van der Waals surface area contributed by atoms with E-state index in [4.69, 9.17) is 11.6 Å². The van der Waals surface area contributed by atoms with Gasteiger partial charge in [0.2, 0.25) is 10.0 Å². The number of nitrogens with one attached hydrogen (secondary N) is 1. The van der Waals surface area contributed by atoms with Gasteiger partial charge in [-0.05, 0) is 19.1 Å². The zero-order chi connectivity index (χ0) is 13.9. The number of rotatable bonds is 5. The molecule has 0 atom stereocenters. The van der Waals surface area contributed by atoms with Crippen LogP contribution in [0.1, 0.15) is 10.7 Å². The van der Waals surface area contributed by atoms with Gasteiger partial charge in [-0.2, -0.15) is 0 Å². The van der Waals surface area contributed by atoms with E-state index in [2.05, 4.69) is 14.7 Å². The Labute approximate surface area is 120 Å². The zero-order valence-corrected chi connectivity index (χ0v) is 12.5. The van der Waals surface area contributed by atoms with Crippen LogP contribution in [0.4, 0.5) is 0 Å². The molecule has 0 aromatic carbocycles. The van der Waals surface area contributed by atoms with E-state index in [1.165, 1.54) is 18.3 Å². The number of halogens is 1. The fourth-order valence-electron chi connectivity index (χ4n) is 1.47. The van der Waals surface area contributed by atoms with Crippen LogP contribution in [0.15, 0.2) is 28.6 Å². The van der Waals surface area contributed by atoms with Crippen molar-refractivity contribution >= 4 is 33.0 Å². The minimum absolute atomic E-state index is 0.113. The molecule has 1 N–H and O–H groups in total. The molecule has 0 radical (unpaired) electrons. The molecule has 0 fully saturated rings. The van der Waals surface area contributed by atoms with Gasteiger partial charge < -0.3 is 0 Å². The molecule has 19 heavy (non-hydrogen) atoms. The van der Waals surface area contributed by atoms with Gasteiger partial charge in [0.05, 0.1) is 15.6 Å². The standard InChI is InChI=1S/C11H12ClN3O2S2/c1-8-15-9(7-18-8)2-5-14-19(16,17)10-3-4-13-11(12)6-10/h3-4,6-7,14H,2,5H2,1H3. The van der Waals surface area contributed by atoms with Gasteiger partial charge in [0, 0.05) is 24.5 Å². The molecule has 2 aromatic heterocycles. The summed E-state index contributed by atoms with van der Waals surface area (Å²) < 4.78 is 26.4. The maximum Gasteiger partial charge on any atom is 0.240 e. The molecule has 102 valence electrons. The quantitative estimate of drug-likeness (QED) is 0.856. The monoisotopic (exact) mass is 317 g/mol. The number of hydrogen-bond donors (Lipinski definition) is 1. The lowest BCUT2D eigenvalue weighted by molar-refractivity contribution is 0.581. The van der Waals surface area contributed by atoms with E-state index in [-0.39, 0.29) is 10.0 Å². The number of sulfonamides is 1. The van der Waals surface area contributed by atoms with Crippen molar-refractivity contribution in [1.82, 2.24) is 14.7 Å². The predicted molar refractivity (Wildman–Crippen MR) is 75.0 cm³/mol. The van der Waals surface area contributed by atoms with E-state index in [9.17, 15) is 8.42 Å².